The summed E-state index contributed by atoms with van der Waals surface area (Å²) in [4.78, 5) is 35.0. The van der Waals surface area contributed by atoms with E-state index in [0.29, 0.717) is 44.5 Å². The Morgan fingerprint density at radius 3 is 0.954 bits per heavy atom. The second-order valence-electron chi connectivity index (χ2n) is 29.8. The molecule has 0 unspecified atom stereocenters. The number of thiophene rings is 3. The number of carbonyl (C=O) groups is 2. The second kappa shape index (κ2) is 32.5. The van der Waals surface area contributed by atoms with E-state index in [-0.39, 0.29) is 22.7 Å². The van der Waals surface area contributed by atoms with E-state index in [4.69, 9.17) is 0 Å². The number of hydrogen-bond acceptors (Lipinski definition) is 9. The maximum atomic E-state index is 14.4. The second-order valence-corrected chi connectivity index (χ2v) is 33.0. The van der Waals surface area contributed by atoms with Crippen LogP contribution in [0.2, 0.25) is 0 Å². The molecule has 0 spiro atoms. The number of hydrogen-bond donors (Lipinski definition) is 0. The summed E-state index contributed by atoms with van der Waals surface area (Å²) in [6.07, 6.45) is 26.6. The van der Waals surface area contributed by atoms with Crippen LogP contribution in [-0.2, 0) is 36.5 Å². The highest BCUT2D eigenvalue weighted by Crippen LogP contribution is 2.70. The highest BCUT2D eigenvalue weighted by molar-refractivity contribution is 7.19. The predicted octanol–water partition coefficient (Wildman–Crippen LogP) is 26.6. The van der Waals surface area contributed by atoms with Crippen LogP contribution in [0, 0.1) is 45.3 Å². The molecule has 4 aliphatic carbocycles. The molecule has 4 aliphatic rings. The van der Waals surface area contributed by atoms with Gasteiger partial charge in [0.15, 0.2) is 11.6 Å². The smallest absolute Gasteiger partial charge is 0.194 e. The summed E-state index contributed by atoms with van der Waals surface area (Å²) in [5.41, 5.74) is 21.4. The molecule has 3 aromatic heterocycles. The number of benzene rings is 8. The van der Waals surface area contributed by atoms with E-state index in [9.17, 15) is 30.6 Å². The Morgan fingerprint density at radius 2 is 0.651 bits per heavy atom. The largest absolute Gasteiger partial charge is 0.289 e. The average molecular weight is 1470 g/mol. The Morgan fingerprint density at radius 1 is 0.339 bits per heavy atom. The Labute approximate surface area is 655 Å². The zero-order valence-electron chi connectivity index (χ0n) is 62.8. The lowest BCUT2D eigenvalue weighted by molar-refractivity contribution is 0.103. The van der Waals surface area contributed by atoms with E-state index in [1.807, 2.05) is 59.9 Å². The van der Waals surface area contributed by atoms with Crippen molar-refractivity contribution in [3.05, 3.63) is 327 Å². The normalized spacial score (nSPS) is 14.6. The van der Waals surface area contributed by atoms with E-state index >= 15 is 0 Å². The van der Waals surface area contributed by atoms with E-state index in [0.717, 1.165) is 82.0 Å². The molecule has 0 saturated heterocycles. The van der Waals surface area contributed by atoms with Crippen LogP contribution in [0.1, 0.15) is 239 Å². The van der Waals surface area contributed by atoms with Crippen LogP contribution < -0.4 is 0 Å². The molecule has 538 valence electrons. The van der Waals surface area contributed by atoms with Gasteiger partial charge < -0.3 is 0 Å². The van der Waals surface area contributed by atoms with Crippen molar-refractivity contribution in [2.45, 2.75) is 167 Å². The minimum absolute atomic E-state index is 0.0832. The van der Waals surface area contributed by atoms with Gasteiger partial charge in [-0.25, -0.2) is 0 Å². The van der Waals surface area contributed by atoms with Crippen LogP contribution in [-0.4, -0.2) is 11.6 Å². The molecule has 15 rings (SSSR count). The fraction of sp³-hybridized carbons (Fsp3) is 0.260. The monoisotopic (exact) mass is 1470 g/mol. The number of nitrogens with zero attached hydrogens (tertiary/aromatic N) is 4. The maximum absolute atomic E-state index is 14.4. The van der Waals surface area contributed by atoms with Crippen LogP contribution in [0.4, 0.5) is 0 Å². The van der Waals surface area contributed by atoms with Gasteiger partial charge in [-0.2, -0.15) is 21.0 Å². The minimum atomic E-state index is -0.882. The minimum Gasteiger partial charge on any atom is -0.289 e. The quantitative estimate of drug-likeness (QED) is 0.0273. The number of rotatable bonds is 28. The lowest BCUT2D eigenvalue weighted by atomic mass is 9.61. The molecule has 0 radical (unpaired) electrons. The third-order valence-electron chi connectivity index (χ3n) is 23.1. The number of allylic oxidation sites excluding steroid dienone is 6. The first kappa shape index (κ1) is 73.6. The van der Waals surface area contributed by atoms with Crippen LogP contribution in [0.15, 0.2) is 229 Å². The Kier molecular flexibility index (Phi) is 22.0. The van der Waals surface area contributed by atoms with E-state index in [1.54, 1.807) is 34.8 Å². The zero-order chi connectivity index (χ0) is 75.2. The molecular weight excluding hydrogens is 1390 g/mol. The molecule has 8 aromatic carbocycles. The maximum Gasteiger partial charge on any atom is 0.194 e. The summed E-state index contributed by atoms with van der Waals surface area (Å²) in [6, 6.07) is 84.7. The first-order valence-electron chi connectivity index (χ1n) is 39.4. The van der Waals surface area contributed by atoms with Crippen molar-refractivity contribution in [2.75, 3.05) is 0 Å². The van der Waals surface area contributed by atoms with Crippen LogP contribution in [0.25, 0.3) is 65.1 Å². The lowest BCUT2D eigenvalue weighted by Crippen LogP contribution is -2.35. The van der Waals surface area contributed by atoms with Crippen molar-refractivity contribution in [3.8, 4) is 66.0 Å². The summed E-state index contributed by atoms with van der Waals surface area (Å²) in [6.45, 7) is 9.11. The highest BCUT2D eigenvalue weighted by atomic mass is 32.1. The molecule has 0 amide bonds. The van der Waals surface area contributed by atoms with E-state index in [2.05, 4.69) is 210 Å². The summed E-state index contributed by atoms with van der Waals surface area (Å²) in [5, 5.41) is 41.2. The molecule has 3 heterocycles. The topological polar surface area (TPSA) is 129 Å². The molecule has 6 nitrogen and oxygen atoms in total. The number of fused-ring (bicyclic) bond motifs is 9. The lowest BCUT2D eigenvalue weighted by Gasteiger charge is -2.40. The van der Waals surface area contributed by atoms with Crippen molar-refractivity contribution < 1.29 is 9.59 Å². The molecule has 9 heteroatoms. The van der Waals surface area contributed by atoms with Crippen LogP contribution >= 0.6 is 34.0 Å². The van der Waals surface area contributed by atoms with Gasteiger partial charge in [-0.1, -0.05) is 275 Å². The van der Waals surface area contributed by atoms with E-state index < -0.39 is 10.8 Å². The Bertz CT molecular complexity index is 5150. The highest BCUT2D eigenvalue weighted by Gasteiger charge is 2.58. The van der Waals surface area contributed by atoms with Gasteiger partial charge >= 0.3 is 0 Å². The molecular formula is C100H88N4O2S3. The third kappa shape index (κ3) is 13.5. The van der Waals surface area contributed by atoms with Gasteiger partial charge in [0, 0.05) is 62.7 Å². The number of Topliss-reactive ketones (excluding diaryl/α,β-unsaturated/α-hetero) is 2. The van der Waals surface area contributed by atoms with Crippen molar-refractivity contribution >= 4 is 68.9 Å². The number of ketones is 2. The first-order valence-corrected chi connectivity index (χ1v) is 41.9. The number of nitriles is 4. The molecule has 0 saturated carbocycles. The molecule has 0 atom stereocenters. The Balaban J connectivity index is 0.980. The van der Waals surface area contributed by atoms with Gasteiger partial charge in [-0.15, -0.1) is 34.0 Å². The van der Waals surface area contributed by atoms with Crippen molar-refractivity contribution in [1.29, 1.82) is 21.0 Å². The van der Waals surface area contributed by atoms with Crippen molar-refractivity contribution in [1.82, 2.24) is 0 Å². The molecule has 0 N–H and O–H groups in total. The molecule has 0 fully saturated rings. The first-order chi connectivity index (χ1) is 53.5. The summed E-state index contributed by atoms with van der Waals surface area (Å²) in [7, 11) is 0. The molecule has 109 heavy (non-hydrogen) atoms. The van der Waals surface area contributed by atoms with Crippen LogP contribution in [0.5, 0.6) is 0 Å². The average Bonchev–Trinajstić information content (AvgIpc) is 1.48. The fourth-order valence-electron chi connectivity index (χ4n) is 17.6. The number of aryl methyl sites for hydroxylation is 4. The van der Waals surface area contributed by atoms with Crippen LogP contribution in [0.3, 0.4) is 0 Å². The van der Waals surface area contributed by atoms with Gasteiger partial charge in [0.25, 0.3) is 0 Å². The third-order valence-corrected chi connectivity index (χ3v) is 26.5. The van der Waals surface area contributed by atoms with Gasteiger partial charge in [-0.05, 0) is 200 Å². The summed E-state index contributed by atoms with van der Waals surface area (Å²) < 4.78 is 0. The fourth-order valence-corrected chi connectivity index (χ4v) is 21.0. The summed E-state index contributed by atoms with van der Waals surface area (Å²) in [5.74, 6) is -0.398. The predicted molar refractivity (Wildman–Crippen MR) is 451 cm³/mol. The number of carbonyl (C=O) groups excluding carboxylic acids is 2. The summed E-state index contributed by atoms with van der Waals surface area (Å²) >= 11 is 5.14. The zero-order valence-corrected chi connectivity index (χ0v) is 65.2. The molecule has 0 bridgehead atoms. The number of unbranched alkanes of at least 4 members (excludes halogenated alkanes) is 12. The van der Waals surface area contributed by atoms with Crippen molar-refractivity contribution in [2.24, 2.45) is 0 Å². The van der Waals surface area contributed by atoms with Gasteiger partial charge in [-0.3, -0.25) is 9.59 Å². The van der Waals surface area contributed by atoms with E-state index in [1.165, 1.54) is 165 Å². The van der Waals surface area contributed by atoms with Gasteiger partial charge in [0.05, 0.1) is 10.8 Å². The van der Waals surface area contributed by atoms with Gasteiger partial charge in [0.2, 0.25) is 0 Å². The standard InChI is InChI=1S/C100H88N4O2S3/c1-5-9-13-17-25-65-33-43-73(44-34-65)99(74-45-35-66(36-46-74)26-18-14-10-6-2)87-57-69(89-55-51-77(107-89)59-85-91(71(61-101)62-102)79-29-21-23-31-81(79)95(85)105)41-53-83(87)97-93(99)94-98(109-97)84-54-42-70(90-56-52-78(108-90)60-86-92(72(63-103)64-104)80-30-22-24-32-82(80)96(86)106)58-88(84)100(94,75-47-37-67(38-48-75)27-19-15-11-7-3)76-49-39-68(40-50-76)28-20-16-12-8-4/h21-24,29-60H,5-20,25-28H2,1-4H3/b85-59-,86-60-. The molecule has 11 aromatic rings. The van der Waals surface area contributed by atoms with Crippen molar-refractivity contribution in [3.63, 3.8) is 0 Å². The SMILES string of the molecule is CCCCCCc1ccc(C2(c3ccc(CCCCCC)cc3)c3cc(-c4ccc(/C=C5\C(=O)c6ccccc6C5=C(C#N)C#N)s4)ccc3-c3sc4c(c32)C(c2ccc(CCCCCC)cc2)(c2ccc(CCCCCC)cc2)c2cc(-c3ccc(/C=C5\C(=O)c6ccccc6C5=C(C#N)C#N)s3)ccc2-4)cc1. The van der Waals surface area contributed by atoms with Gasteiger partial charge in [0.1, 0.15) is 35.4 Å². The molecule has 0 aliphatic heterocycles. The Hall–Kier alpha value is -10.9.